The number of sulfonamides is 1. The minimum atomic E-state index is -3.83. The summed E-state index contributed by atoms with van der Waals surface area (Å²) in [5.41, 5.74) is 0.740. The molecule has 1 aromatic heterocycles. The van der Waals surface area contributed by atoms with E-state index in [1.165, 1.54) is 35.7 Å². The zero-order chi connectivity index (χ0) is 15.6. The summed E-state index contributed by atoms with van der Waals surface area (Å²) >= 11 is 0.846. The number of rotatable bonds is 4. The number of hydrogen-bond donors (Lipinski definition) is 1. The topological polar surface area (TPSA) is 86.5 Å². The SMILES string of the molecule is CC(OC(=O)c1csc(S(N)(=O)=O)c1)c1ccc(F)cc1. The Labute approximate surface area is 125 Å². The van der Waals surface area contributed by atoms with Crippen LogP contribution >= 0.6 is 11.3 Å². The molecular formula is C13H12FNO4S2. The molecule has 0 radical (unpaired) electrons. The summed E-state index contributed by atoms with van der Waals surface area (Å²) in [4.78, 5) is 11.9. The van der Waals surface area contributed by atoms with Crippen LogP contribution in [0, 0.1) is 5.82 Å². The first kappa shape index (κ1) is 15.6. The highest BCUT2D eigenvalue weighted by molar-refractivity contribution is 7.91. The van der Waals surface area contributed by atoms with Gasteiger partial charge in [0.15, 0.2) is 0 Å². The third-order valence-electron chi connectivity index (χ3n) is 2.71. The molecular weight excluding hydrogens is 317 g/mol. The number of halogens is 1. The van der Waals surface area contributed by atoms with Crippen molar-refractivity contribution < 1.29 is 22.3 Å². The molecule has 0 aliphatic rings. The van der Waals surface area contributed by atoms with Crippen molar-refractivity contribution in [2.45, 2.75) is 17.2 Å². The number of carbonyl (C=O) groups excluding carboxylic acids is 1. The fourth-order valence-electron chi connectivity index (χ4n) is 1.60. The van der Waals surface area contributed by atoms with Crippen LogP contribution < -0.4 is 5.14 Å². The largest absolute Gasteiger partial charge is 0.454 e. The van der Waals surface area contributed by atoms with Gasteiger partial charge in [0.25, 0.3) is 0 Å². The molecule has 8 heteroatoms. The van der Waals surface area contributed by atoms with E-state index in [1.54, 1.807) is 6.92 Å². The summed E-state index contributed by atoms with van der Waals surface area (Å²) in [5.74, 6) is -1.05. The predicted octanol–water partition coefficient (Wildman–Crippen LogP) is 2.45. The van der Waals surface area contributed by atoms with E-state index in [4.69, 9.17) is 9.88 Å². The number of benzene rings is 1. The van der Waals surface area contributed by atoms with Gasteiger partial charge in [-0.1, -0.05) is 12.1 Å². The first-order chi connectivity index (χ1) is 9.77. The highest BCUT2D eigenvalue weighted by atomic mass is 32.2. The number of ether oxygens (including phenoxy) is 1. The lowest BCUT2D eigenvalue weighted by Crippen LogP contribution is -2.11. The summed E-state index contributed by atoms with van der Waals surface area (Å²) in [7, 11) is -3.83. The maximum atomic E-state index is 12.8. The van der Waals surface area contributed by atoms with E-state index in [9.17, 15) is 17.6 Å². The van der Waals surface area contributed by atoms with Crippen LogP contribution in [0.25, 0.3) is 0 Å². The highest BCUT2D eigenvalue weighted by Crippen LogP contribution is 2.23. The van der Waals surface area contributed by atoms with Gasteiger partial charge in [0.05, 0.1) is 5.56 Å². The number of nitrogens with two attached hydrogens (primary N) is 1. The van der Waals surface area contributed by atoms with E-state index in [1.807, 2.05) is 0 Å². The minimum Gasteiger partial charge on any atom is -0.454 e. The summed E-state index contributed by atoms with van der Waals surface area (Å²) in [6.07, 6.45) is -0.587. The first-order valence-electron chi connectivity index (χ1n) is 5.85. The van der Waals surface area contributed by atoms with Crippen molar-refractivity contribution in [1.82, 2.24) is 0 Å². The fraction of sp³-hybridized carbons (Fsp3) is 0.154. The van der Waals surface area contributed by atoms with Crippen LogP contribution in [-0.4, -0.2) is 14.4 Å². The molecule has 0 aliphatic heterocycles. The van der Waals surface area contributed by atoms with E-state index >= 15 is 0 Å². The Morgan fingerprint density at radius 2 is 1.95 bits per heavy atom. The molecule has 21 heavy (non-hydrogen) atoms. The van der Waals surface area contributed by atoms with Crippen LogP contribution in [0.4, 0.5) is 4.39 Å². The Balaban J connectivity index is 2.11. The van der Waals surface area contributed by atoms with E-state index in [-0.39, 0.29) is 15.6 Å². The van der Waals surface area contributed by atoms with Crippen molar-refractivity contribution in [1.29, 1.82) is 0 Å². The van der Waals surface area contributed by atoms with Crippen LogP contribution in [-0.2, 0) is 14.8 Å². The molecule has 1 atom stereocenters. The maximum Gasteiger partial charge on any atom is 0.339 e. The Hall–Kier alpha value is -1.77. The van der Waals surface area contributed by atoms with Crippen LogP contribution in [0.1, 0.15) is 28.9 Å². The standard InChI is InChI=1S/C13H12FNO4S2/c1-8(9-2-4-11(14)5-3-9)19-13(16)10-6-12(20-7-10)21(15,17)18/h2-8H,1H3,(H2,15,17,18). The van der Waals surface area contributed by atoms with Crippen molar-refractivity contribution in [3.05, 3.63) is 52.7 Å². The van der Waals surface area contributed by atoms with Gasteiger partial charge in [-0.05, 0) is 30.7 Å². The Kier molecular flexibility index (Phi) is 4.40. The smallest absolute Gasteiger partial charge is 0.339 e. The van der Waals surface area contributed by atoms with Crippen LogP contribution in [0.2, 0.25) is 0 Å². The zero-order valence-electron chi connectivity index (χ0n) is 10.9. The van der Waals surface area contributed by atoms with Crippen molar-refractivity contribution >= 4 is 27.3 Å². The van der Waals surface area contributed by atoms with Crippen molar-refractivity contribution in [3.63, 3.8) is 0 Å². The molecule has 1 unspecified atom stereocenters. The van der Waals surface area contributed by atoms with E-state index < -0.39 is 22.1 Å². The van der Waals surface area contributed by atoms with Crippen LogP contribution in [0.15, 0.2) is 39.9 Å². The molecule has 1 heterocycles. The molecule has 0 aliphatic carbocycles. The second kappa shape index (κ2) is 5.92. The van der Waals surface area contributed by atoms with Crippen LogP contribution in [0.3, 0.4) is 0 Å². The van der Waals surface area contributed by atoms with E-state index in [0.29, 0.717) is 5.56 Å². The van der Waals surface area contributed by atoms with Gasteiger partial charge in [0.1, 0.15) is 16.1 Å². The second-order valence-corrected chi connectivity index (χ2v) is 7.00. The number of esters is 1. The molecule has 5 nitrogen and oxygen atoms in total. The van der Waals surface area contributed by atoms with Gasteiger partial charge < -0.3 is 4.74 Å². The van der Waals surface area contributed by atoms with Gasteiger partial charge in [-0.2, -0.15) is 0 Å². The summed E-state index contributed by atoms with van der Waals surface area (Å²) in [5, 5.41) is 6.33. The monoisotopic (exact) mass is 329 g/mol. The quantitative estimate of drug-likeness (QED) is 0.873. The van der Waals surface area contributed by atoms with Gasteiger partial charge in [-0.25, -0.2) is 22.7 Å². The molecule has 112 valence electrons. The summed E-state index contributed by atoms with van der Waals surface area (Å²) < 4.78 is 40.2. The lowest BCUT2D eigenvalue weighted by Gasteiger charge is -2.12. The highest BCUT2D eigenvalue weighted by Gasteiger charge is 2.18. The Morgan fingerprint density at radius 3 is 2.48 bits per heavy atom. The molecule has 0 fully saturated rings. The molecule has 0 saturated carbocycles. The third kappa shape index (κ3) is 3.87. The summed E-state index contributed by atoms with van der Waals surface area (Å²) in [6.45, 7) is 1.64. The van der Waals surface area contributed by atoms with Gasteiger partial charge >= 0.3 is 5.97 Å². The third-order valence-corrected chi connectivity index (χ3v) is 5.10. The van der Waals surface area contributed by atoms with Gasteiger partial charge in [-0.3, -0.25) is 0 Å². The molecule has 0 spiro atoms. The van der Waals surface area contributed by atoms with Gasteiger partial charge in [0, 0.05) is 5.38 Å². The zero-order valence-corrected chi connectivity index (χ0v) is 12.6. The number of primary sulfonamides is 1. The maximum absolute atomic E-state index is 12.8. The average Bonchev–Trinajstić information content (AvgIpc) is 2.88. The fourth-order valence-corrected chi connectivity index (χ4v) is 3.18. The number of hydrogen-bond acceptors (Lipinski definition) is 5. The molecule has 2 N–H and O–H groups in total. The molecule has 1 aromatic carbocycles. The van der Waals surface area contributed by atoms with Gasteiger partial charge in [-0.15, -0.1) is 11.3 Å². The Morgan fingerprint density at radius 1 is 1.33 bits per heavy atom. The van der Waals surface area contributed by atoms with E-state index in [0.717, 1.165) is 11.3 Å². The van der Waals surface area contributed by atoms with Crippen LogP contribution in [0.5, 0.6) is 0 Å². The molecule has 2 aromatic rings. The average molecular weight is 329 g/mol. The molecule has 0 bridgehead atoms. The van der Waals surface area contributed by atoms with Gasteiger partial charge in [0.2, 0.25) is 10.0 Å². The lowest BCUT2D eigenvalue weighted by atomic mass is 10.1. The second-order valence-electron chi connectivity index (χ2n) is 4.30. The van der Waals surface area contributed by atoms with Crippen molar-refractivity contribution in [3.8, 4) is 0 Å². The lowest BCUT2D eigenvalue weighted by molar-refractivity contribution is 0.0338. The minimum absolute atomic E-state index is 0.108. The first-order valence-corrected chi connectivity index (χ1v) is 8.28. The summed E-state index contributed by atoms with van der Waals surface area (Å²) in [6, 6.07) is 6.72. The normalized spacial score (nSPS) is 12.9. The molecule has 2 rings (SSSR count). The van der Waals surface area contributed by atoms with E-state index in [2.05, 4.69) is 0 Å². The molecule has 0 saturated heterocycles. The predicted molar refractivity (Wildman–Crippen MR) is 75.9 cm³/mol. The van der Waals surface area contributed by atoms with Crippen molar-refractivity contribution in [2.75, 3.05) is 0 Å². The number of thiophene rings is 1. The Bertz CT molecular complexity index is 753. The number of carbonyl (C=O) groups is 1. The molecule has 0 amide bonds. The van der Waals surface area contributed by atoms with Crippen molar-refractivity contribution in [2.24, 2.45) is 5.14 Å².